The monoisotopic (exact) mass is 215 g/mol. The molecular weight excluding hydrogens is 198 g/mol. The number of carboxylic acid groups (broad SMARTS) is 1. The number of hydrogen-bond donors (Lipinski definition) is 2. The number of nitrogens with one attached hydrogen (secondary N) is 1. The number of hydrogen-bond acceptors (Lipinski definition) is 3. The summed E-state index contributed by atoms with van der Waals surface area (Å²) in [5.74, 6) is -1.01. The standard InChI is InChI=1S/C10H17NO4/c1-10(2,3)15-9(14)11-5-6-4-7(6)8(12)13/h6-7H,4-5H2,1-3H3,(H,11,14)(H,12,13)/t6-,7-/m1/s1. The van der Waals surface area contributed by atoms with Crippen molar-refractivity contribution in [3.63, 3.8) is 0 Å². The van der Waals surface area contributed by atoms with Crippen LogP contribution in [0.5, 0.6) is 0 Å². The van der Waals surface area contributed by atoms with Gasteiger partial charge in [0, 0.05) is 6.54 Å². The van der Waals surface area contributed by atoms with Crippen LogP contribution in [0.4, 0.5) is 4.79 Å². The van der Waals surface area contributed by atoms with E-state index in [-0.39, 0.29) is 11.8 Å². The van der Waals surface area contributed by atoms with Crippen molar-refractivity contribution >= 4 is 12.1 Å². The molecule has 1 aliphatic carbocycles. The third-order valence-electron chi connectivity index (χ3n) is 2.15. The highest BCUT2D eigenvalue weighted by Crippen LogP contribution is 2.37. The van der Waals surface area contributed by atoms with Gasteiger partial charge in [-0.05, 0) is 33.1 Å². The number of carboxylic acids is 1. The first kappa shape index (κ1) is 11.8. The average Bonchev–Trinajstić information content (AvgIpc) is 2.75. The molecule has 0 aromatic rings. The molecule has 1 rings (SSSR count). The predicted molar refractivity (Wildman–Crippen MR) is 53.5 cm³/mol. The summed E-state index contributed by atoms with van der Waals surface area (Å²) in [5.41, 5.74) is -0.514. The van der Waals surface area contributed by atoms with E-state index >= 15 is 0 Å². The molecule has 2 N–H and O–H groups in total. The molecule has 0 saturated heterocycles. The second kappa shape index (κ2) is 4.08. The molecular formula is C10H17NO4. The maximum atomic E-state index is 11.2. The van der Waals surface area contributed by atoms with Crippen molar-refractivity contribution < 1.29 is 19.4 Å². The van der Waals surface area contributed by atoms with Crippen LogP contribution in [-0.2, 0) is 9.53 Å². The fraction of sp³-hybridized carbons (Fsp3) is 0.800. The van der Waals surface area contributed by atoms with Gasteiger partial charge in [-0.1, -0.05) is 0 Å². The fourth-order valence-corrected chi connectivity index (χ4v) is 1.30. The SMILES string of the molecule is CC(C)(C)OC(=O)NC[C@H]1C[C@H]1C(=O)O. The van der Waals surface area contributed by atoms with Gasteiger partial charge in [0.1, 0.15) is 5.60 Å². The largest absolute Gasteiger partial charge is 0.481 e. The zero-order valence-corrected chi connectivity index (χ0v) is 9.24. The summed E-state index contributed by atoms with van der Waals surface area (Å²) >= 11 is 0. The fourth-order valence-electron chi connectivity index (χ4n) is 1.30. The molecule has 0 heterocycles. The smallest absolute Gasteiger partial charge is 0.407 e. The van der Waals surface area contributed by atoms with Gasteiger partial charge in [0.2, 0.25) is 0 Å². The lowest BCUT2D eigenvalue weighted by molar-refractivity contribution is -0.138. The molecule has 0 aromatic heterocycles. The van der Waals surface area contributed by atoms with Crippen LogP contribution < -0.4 is 5.32 Å². The van der Waals surface area contributed by atoms with Gasteiger partial charge in [0.05, 0.1) is 5.92 Å². The van der Waals surface area contributed by atoms with E-state index in [2.05, 4.69) is 5.32 Å². The van der Waals surface area contributed by atoms with E-state index < -0.39 is 17.7 Å². The maximum absolute atomic E-state index is 11.2. The van der Waals surface area contributed by atoms with Crippen LogP contribution in [0.3, 0.4) is 0 Å². The van der Waals surface area contributed by atoms with Crippen molar-refractivity contribution in [2.75, 3.05) is 6.54 Å². The number of rotatable bonds is 3. The number of amides is 1. The molecule has 1 aliphatic rings. The minimum Gasteiger partial charge on any atom is -0.481 e. The van der Waals surface area contributed by atoms with Gasteiger partial charge in [-0.25, -0.2) is 4.79 Å². The number of carbonyl (C=O) groups excluding carboxylic acids is 1. The first-order valence-corrected chi connectivity index (χ1v) is 4.99. The molecule has 15 heavy (non-hydrogen) atoms. The van der Waals surface area contributed by atoms with E-state index in [1.54, 1.807) is 20.8 Å². The summed E-state index contributed by atoms with van der Waals surface area (Å²) < 4.78 is 5.01. The van der Waals surface area contributed by atoms with Crippen molar-refractivity contribution in [2.24, 2.45) is 11.8 Å². The highest BCUT2D eigenvalue weighted by Gasteiger charge is 2.43. The first-order chi connectivity index (χ1) is 6.79. The Labute approximate surface area is 88.8 Å². The van der Waals surface area contributed by atoms with Gasteiger partial charge in [-0.15, -0.1) is 0 Å². The normalized spacial score (nSPS) is 24.5. The molecule has 0 bridgehead atoms. The summed E-state index contributed by atoms with van der Waals surface area (Å²) in [5, 5.41) is 11.2. The first-order valence-electron chi connectivity index (χ1n) is 4.99. The highest BCUT2D eigenvalue weighted by atomic mass is 16.6. The molecule has 0 aliphatic heterocycles. The van der Waals surface area contributed by atoms with Gasteiger partial charge in [-0.2, -0.15) is 0 Å². The molecule has 1 fully saturated rings. The molecule has 0 spiro atoms. The topological polar surface area (TPSA) is 75.6 Å². The van der Waals surface area contributed by atoms with E-state index in [0.717, 1.165) is 0 Å². The van der Waals surface area contributed by atoms with Gasteiger partial charge < -0.3 is 15.2 Å². The average molecular weight is 215 g/mol. The van der Waals surface area contributed by atoms with Crippen LogP contribution in [0, 0.1) is 11.8 Å². The summed E-state index contributed by atoms with van der Waals surface area (Å²) in [7, 11) is 0. The lowest BCUT2D eigenvalue weighted by Gasteiger charge is -2.19. The molecule has 5 nitrogen and oxygen atoms in total. The van der Waals surface area contributed by atoms with Crippen LogP contribution in [0.25, 0.3) is 0 Å². The van der Waals surface area contributed by atoms with E-state index in [4.69, 9.17) is 9.84 Å². The van der Waals surface area contributed by atoms with E-state index in [9.17, 15) is 9.59 Å². The van der Waals surface area contributed by atoms with Gasteiger partial charge in [-0.3, -0.25) is 4.79 Å². The van der Waals surface area contributed by atoms with E-state index in [0.29, 0.717) is 13.0 Å². The van der Waals surface area contributed by atoms with Gasteiger partial charge >= 0.3 is 12.1 Å². The molecule has 0 unspecified atom stereocenters. The molecule has 1 saturated carbocycles. The Morgan fingerprint density at radius 2 is 2.07 bits per heavy atom. The van der Waals surface area contributed by atoms with Crippen molar-refractivity contribution in [2.45, 2.75) is 32.8 Å². The minimum absolute atomic E-state index is 0.0648. The number of ether oxygens (including phenoxy) is 1. The lowest BCUT2D eigenvalue weighted by Crippen LogP contribution is -2.33. The maximum Gasteiger partial charge on any atom is 0.407 e. The van der Waals surface area contributed by atoms with Gasteiger partial charge in [0.25, 0.3) is 0 Å². The van der Waals surface area contributed by atoms with Crippen molar-refractivity contribution in [1.82, 2.24) is 5.32 Å². The third kappa shape index (κ3) is 4.18. The molecule has 2 atom stereocenters. The number of aliphatic carboxylic acids is 1. The van der Waals surface area contributed by atoms with Crippen LogP contribution in [0.1, 0.15) is 27.2 Å². The minimum atomic E-state index is -0.786. The summed E-state index contributed by atoms with van der Waals surface area (Å²) in [6.07, 6.45) is 0.157. The molecule has 0 aromatic carbocycles. The van der Waals surface area contributed by atoms with Crippen molar-refractivity contribution in [1.29, 1.82) is 0 Å². The Kier molecular flexibility index (Phi) is 3.21. The molecule has 0 radical (unpaired) electrons. The van der Waals surface area contributed by atoms with Gasteiger partial charge in [0.15, 0.2) is 0 Å². The second-order valence-corrected chi connectivity index (χ2v) is 4.82. The Bertz CT molecular complexity index is 269. The quantitative estimate of drug-likeness (QED) is 0.742. The Morgan fingerprint density at radius 3 is 2.47 bits per heavy atom. The molecule has 5 heteroatoms. The van der Waals surface area contributed by atoms with E-state index in [1.807, 2.05) is 0 Å². The summed E-state index contributed by atoms with van der Waals surface area (Å²) in [4.78, 5) is 21.7. The summed E-state index contributed by atoms with van der Waals surface area (Å²) in [6, 6.07) is 0. The molecule has 1 amide bonds. The predicted octanol–water partition coefficient (Wildman–Crippen LogP) is 1.23. The summed E-state index contributed by atoms with van der Waals surface area (Å²) in [6.45, 7) is 5.73. The number of alkyl carbamates (subject to hydrolysis) is 1. The van der Waals surface area contributed by atoms with E-state index in [1.165, 1.54) is 0 Å². The Morgan fingerprint density at radius 1 is 1.47 bits per heavy atom. The zero-order valence-electron chi connectivity index (χ0n) is 9.24. The number of carbonyl (C=O) groups is 2. The van der Waals surface area contributed by atoms with Crippen LogP contribution in [0.15, 0.2) is 0 Å². The Hall–Kier alpha value is -1.26. The highest BCUT2D eigenvalue weighted by molar-refractivity contribution is 5.74. The zero-order chi connectivity index (χ0) is 11.6. The second-order valence-electron chi connectivity index (χ2n) is 4.82. The third-order valence-corrected chi connectivity index (χ3v) is 2.15. The van der Waals surface area contributed by atoms with Crippen LogP contribution >= 0.6 is 0 Å². The molecule has 86 valence electrons. The van der Waals surface area contributed by atoms with Crippen molar-refractivity contribution in [3.8, 4) is 0 Å². The lowest BCUT2D eigenvalue weighted by atomic mass is 10.2. The van der Waals surface area contributed by atoms with Crippen LogP contribution in [-0.4, -0.2) is 29.3 Å². The van der Waals surface area contributed by atoms with Crippen LogP contribution in [0.2, 0.25) is 0 Å². The van der Waals surface area contributed by atoms with Crippen molar-refractivity contribution in [3.05, 3.63) is 0 Å². The Balaban J connectivity index is 2.17.